The van der Waals surface area contributed by atoms with E-state index in [1.807, 2.05) is 30.3 Å². The number of hydrogen-bond donors (Lipinski definition) is 0. The van der Waals surface area contributed by atoms with Crippen molar-refractivity contribution in [3.8, 4) is 40.2 Å². The Balaban J connectivity index is 1.20. The van der Waals surface area contributed by atoms with Crippen LogP contribution in [-0.4, -0.2) is 15.0 Å². The molecule has 9 rings (SSSR count). The lowest BCUT2D eigenvalue weighted by atomic mass is 9.48. The minimum atomic E-state index is 0.0723. The average molecular weight is 575 g/mol. The van der Waals surface area contributed by atoms with Crippen LogP contribution in [0, 0.1) is 29.1 Å². The Hall–Kier alpha value is -4.36. The van der Waals surface area contributed by atoms with E-state index in [1.54, 1.807) is 0 Å². The third kappa shape index (κ3) is 4.80. The van der Waals surface area contributed by atoms with E-state index in [0.717, 1.165) is 45.2 Å². The molecular weight excluding hydrogens is 536 g/mol. The Bertz CT molecular complexity index is 1890. The van der Waals surface area contributed by atoms with Gasteiger partial charge in [-0.25, -0.2) is 15.0 Å². The summed E-state index contributed by atoms with van der Waals surface area (Å²) in [4.78, 5) is 15.1. The van der Waals surface area contributed by atoms with E-state index in [-0.39, 0.29) is 5.41 Å². The van der Waals surface area contributed by atoms with Gasteiger partial charge in [0.2, 0.25) is 0 Å². The molecule has 1 heterocycles. The van der Waals surface area contributed by atoms with Crippen molar-refractivity contribution in [2.75, 3.05) is 0 Å². The zero-order valence-corrected chi connectivity index (χ0v) is 25.8. The van der Waals surface area contributed by atoms with Gasteiger partial charge in [-0.15, -0.1) is 0 Å². The van der Waals surface area contributed by atoms with Crippen LogP contribution in [0.3, 0.4) is 0 Å². The Morgan fingerprint density at radius 2 is 1.09 bits per heavy atom. The van der Waals surface area contributed by atoms with E-state index in [2.05, 4.69) is 81.4 Å². The summed E-state index contributed by atoms with van der Waals surface area (Å²) in [5, 5.41) is 11.4. The number of nitriles is 1. The molecule has 0 spiro atoms. The van der Waals surface area contributed by atoms with Crippen LogP contribution >= 0.6 is 0 Å². The smallest absolute Gasteiger partial charge is 0.164 e. The second-order valence-electron chi connectivity index (χ2n) is 14.8. The quantitative estimate of drug-likeness (QED) is 0.214. The highest BCUT2D eigenvalue weighted by atomic mass is 15.0. The van der Waals surface area contributed by atoms with Gasteiger partial charge in [-0.2, -0.15) is 5.26 Å². The largest absolute Gasteiger partial charge is 0.208 e. The van der Waals surface area contributed by atoms with Gasteiger partial charge in [0.1, 0.15) is 0 Å². The van der Waals surface area contributed by atoms with Crippen molar-refractivity contribution in [1.29, 1.82) is 5.26 Å². The molecule has 0 radical (unpaired) electrons. The molecule has 1 aromatic heterocycles. The van der Waals surface area contributed by atoms with Crippen LogP contribution in [0.15, 0.2) is 84.9 Å². The Kier molecular flexibility index (Phi) is 6.24. The molecule has 4 aliphatic rings. The fourth-order valence-corrected chi connectivity index (χ4v) is 8.77. The van der Waals surface area contributed by atoms with Crippen molar-refractivity contribution in [2.45, 2.75) is 70.1 Å². The SMILES string of the molecule is CC(C)(C)c1ccc(-c2nc(-c3ccc(C45C[C@H]6C[C@@H](C4)C[C@@H](C5)C6)cc3)nc(-c3ccc4cc(C#N)ccc4c3)n2)cc1. The predicted octanol–water partition coefficient (Wildman–Crippen LogP) is 9.66. The first-order valence-corrected chi connectivity index (χ1v) is 16.2. The minimum Gasteiger partial charge on any atom is -0.208 e. The lowest BCUT2D eigenvalue weighted by Crippen LogP contribution is -2.48. The lowest BCUT2D eigenvalue weighted by Gasteiger charge is -2.57. The molecule has 0 saturated heterocycles. The normalized spacial score (nSPS) is 24.0. The maximum Gasteiger partial charge on any atom is 0.164 e. The fraction of sp³-hybridized carbons (Fsp3) is 0.350. The molecule has 0 unspecified atom stereocenters. The number of hydrogen-bond acceptors (Lipinski definition) is 4. The second kappa shape index (κ2) is 10.1. The van der Waals surface area contributed by atoms with Gasteiger partial charge in [0.15, 0.2) is 17.5 Å². The maximum atomic E-state index is 9.34. The zero-order chi connectivity index (χ0) is 30.1. The molecule has 218 valence electrons. The minimum absolute atomic E-state index is 0.0723. The van der Waals surface area contributed by atoms with Crippen molar-refractivity contribution in [3.63, 3.8) is 0 Å². The number of nitrogens with zero attached hydrogens (tertiary/aromatic N) is 4. The summed E-state index contributed by atoms with van der Waals surface area (Å²) in [6.07, 6.45) is 8.46. The fourth-order valence-electron chi connectivity index (χ4n) is 8.77. The average Bonchev–Trinajstić information content (AvgIpc) is 3.03. The van der Waals surface area contributed by atoms with E-state index < -0.39 is 0 Å². The highest BCUT2D eigenvalue weighted by Gasteiger charge is 2.51. The summed E-state index contributed by atoms with van der Waals surface area (Å²) < 4.78 is 0. The summed E-state index contributed by atoms with van der Waals surface area (Å²) in [5.41, 5.74) is 6.83. The van der Waals surface area contributed by atoms with Crippen LogP contribution in [0.4, 0.5) is 0 Å². The van der Waals surface area contributed by atoms with Gasteiger partial charge >= 0.3 is 0 Å². The van der Waals surface area contributed by atoms with Gasteiger partial charge in [-0.1, -0.05) is 87.5 Å². The lowest BCUT2D eigenvalue weighted by molar-refractivity contribution is -0.00518. The predicted molar refractivity (Wildman–Crippen MR) is 177 cm³/mol. The van der Waals surface area contributed by atoms with E-state index in [0.29, 0.717) is 28.5 Å². The molecule has 4 aromatic carbocycles. The van der Waals surface area contributed by atoms with Gasteiger partial charge in [0.05, 0.1) is 11.6 Å². The van der Waals surface area contributed by atoms with Crippen molar-refractivity contribution in [2.24, 2.45) is 17.8 Å². The molecule has 4 fully saturated rings. The zero-order valence-electron chi connectivity index (χ0n) is 25.8. The van der Waals surface area contributed by atoms with Crippen molar-refractivity contribution >= 4 is 10.8 Å². The first kappa shape index (κ1) is 27.2. The molecule has 4 aliphatic carbocycles. The van der Waals surface area contributed by atoms with E-state index in [4.69, 9.17) is 15.0 Å². The third-order valence-electron chi connectivity index (χ3n) is 10.7. The highest BCUT2D eigenvalue weighted by Crippen LogP contribution is 2.60. The Labute approximate surface area is 260 Å². The summed E-state index contributed by atoms with van der Waals surface area (Å²) in [6, 6.07) is 32.1. The third-order valence-corrected chi connectivity index (χ3v) is 10.7. The topological polar surface area (TPSA) is 62.5 Å². The molecule has 0 atom stereocenters. The standard InChI is InChI=1S/C40H38N4/c1-39(2,3)34-12-8-29(9-13-34)36-42-37(44-38(43-36)33-7-6-31-19-25(24-41)4-5-32(31)20-33)30-10-14-35(15-11-30)40-21-26-16-27(22-40)18-28(17-26)23-40/h4-15,19-20,26-28H,16-18,21-23H2,1-3H3/t26-,27+,28-,40?. The molecule has 0 amide bonds. The van der Waals surface area contributed by atoms with E-state index in [9.17, 15) is 5.26 Å². The van der Waals surface area contributed by atoms with E-state index in [1.165, 1.54) is 49.7 Å². The maximum absolute atomic E-state index is 9.34. The molecule has 4 nitrogen and oxygen atoms in total. The van der Waals surface area contributed by atoms with Crippen LogP contribution in [0.25, 0.3) is 44.9 Å². The number of fused-ring (bicyclic) bond motifs is 1. The summed E-state index contributed by atoms with van der Waals surface area (Å²) in [6.45, 7) is 6.69. The Morgan fingerprint density at radius 1 is 0.614 bits per heavy atom. The molecule has 4 bridgehead atoms. The van der Waals surface area contributed by atoms with Gasteiger partial charge in [-0.05, 0) is 107 Å². The molecule has 4 saturated carbocycles. The molecule has 44 heavy (non-hydrogen) atoms. The number of benzene rings is 4. The van der Waals surface area contributed by atoms with Crippen LogP contribution < -0.4 is 0 Å². The second-order valence-corrected chi connectivity index (χ2v) is 14.8. The first-order valence-electron chi connectivity index (χ1n) is 16.2. The van der Waals surface area contributed by atoms with Crippen LogP contribution in [0.2, 0.25) is 0 Å². The van der Waals surface area contributed by atoms with Crippen LogP contribution in [-0.2, 0) is 10.8 Å². The van der Waals surface area contributed by atoms with Gasteiger partial charge < -0.3 is 0 Å². The van der Waals surface area contributed by atoms with Crippen molar-refractivity contribution in [1.82, 2.24) is 15.0 Å². The Morgan fingerprint density at radius 3 is 1.64 bits per heavy atom. The van der Waals surface area contributed by atoms with Crippen molar-refractivity contribution in [3.05, 3.63) is 102 Å². The van der Waals surface area contributed by atoms with Gasteiger partial charge in [0.25, 0.3) is 0 Å². The van der Waals surface area contributed by atoms with Crippen LogP contribution in [0.5, 0.6) is 0 Å². The number of aromatic nitrogens is 3. The van der Waals surface area contributed by atoms with Crippen molar-refractivity contribution < 1.29 is 0 Å². The summed E-state index contributed by atoms with van der Waals surface area (Å²) >= 11 is 0. The summed E-state index contributed by atoms with van der Waals surface area (Å²) in [5.74, 6) is 4.80. The highest BCUT2D eigenvalue weighted by molar-refractivity contribution is 5.87. The molecule has 0 N–H and O–H groups in total. The summed E-state index contributed by atoms with van der Waals surface area (Å²) in [7, 11) is 0. The number of rotatable bonds is 4. The molecule has 5 aromatic rings. The molecule has 0 aliphatic heterocycles. The van der Waals surface area contributed by atoms with Gasteiger partial charge in [0, 0.05) is 16.7 Å². The monoisotopic (exact) mass is 574 g/mol. The van der Waals surface area contributed by atoms with Crippen LogP contribution in [0.1, 0.15) is 76.0 Å². The molecule has 4 heteroatoms. The molecular formula is C40H38N4. The first-order chi connectivity index (χ1) is 21.2. The van der Waals surface area contributed by atoms with E-state index >= 15 is 0 Å². The van der Waals surface area contributed by atoms with Gasteiger partial charge in [-0.3, -0.25) is 0 Å².